The molecule has 1 unspecified atom stereocenters. The number of hydrogen-bond donors (Lipinski definition) is 1. The minimum absolute atomic E-state index is 0.341. The maximum atomic E-state index is 6.24. The van der Waals surface area contributed by atoms with Gasteiger partial charge in [0.2, 0.25) is 0 Å². The number of nitrogens with one attached hydrogen (secondary N) is 1. The second-order valence-corrected chi connectivity index (χ2v) is 7.07. The van der Waals surface area contributed by atoms with Crippen molar-refractivity contribution in [2.45, 2.75) is 25.8 Å². The zero-order chi connectivity index (χ0) is 13.7. The summed E-state index contributed by atoms with van der Waals surface area (Å²) in [5, 5.41) is 6.59. The van der Waals surface area contributed by atoms with Crippen molar-refractivity contribution in [3.05, 3.63) is 54.7 Å². The van der Waals surface area contributed by atoms with Crippen LogP contribution < -0.4 is 5.32 Å². The van der Waals surface area contributed by atoms with Gasteiger partial charge in [0.25, 0.3) is 0 Å². The lowest BCUT2D eigenvalue weighted by Gasteiger charge is -2.19. The highest BCUT2D eigenvalue weighted by Crippen LogP contribution is 2.26. The molecular formula is C15H17ClINS. The van der Waals surface area contributed by atoms with Gasteiger partial charge in [-0.3, -0.25) is 0 Å². The molecule has 0 fully saturated rings. The minimum atomic E-state index is 0.341. The van der Waals surface area contributed by atoms with Crippen LogP contribution >= 0.6 is 45.5 Å². The third-order valence-electron chi connectivity index (χ3n) is 2.97. The molecule has 1 atom stereocenters. The third-order valence-corrected chi connectivity index (χ3v) is 5.44. The van der Waals surface area contributed by atoms with E-state index in [4.69, 9.17) is 11.6 Å². The van der Waals surface area contributed by atoms with Gasteiger partial charge in [-0.25, -0.2) is 0 Å². The Morgan fingerprint density at radius 3 is 2.84 bits per heavy atom. The van der Waals surface area contributed by atoms with Gasteiger partial charge in [-0.1, -0.05) is 30.7 Å². The van der Waals surface area contributed by atoms with Crippen molar-refractivity contribution < 1.29 is 0 Å². The number of halogens is 2. The first-order chi connectivity index (χ1) is 9.20. The van der Waals surface area contributed by atoms with Crippen molar-refractivity contribution in [2.24, 2.45) is 0 Å². The molecule has 1 aromatic carbocycles. The Morgan fingerprint density at radius 1 is 1.37 bits per heavy atom. The molecule has 0 aliphatic carbocycles. The second-order valence-electron chi connectivity index (χ2n) is 4.46. The van der Waals surface area contributed by atoms with Crippen molar-refractivity contribution in [3.8, 4) is 0 Å². The molecule has 0 radical (unpaired) electrons. The largest absolute Gasteiger partial charge is 0.310 e. The van der Waals surface area contributed by atoms with Crippen LogP contribution in [0.2, 0.25) is 5.02 Å². The van der Waals surface area contributed by atoms with Crippen LogP contribution in [0.4, 0.5) is 0 Å². The monoisotopic (exact) mass is 405 g/mol. The summed E-state index contributed by atoms with van der Waals surface area (Å²) in [7, 11) is 0. The molecule has 2 aromatic rings. The number of benzene rings is 1. The average Bonchev–Trinajstić information content (AvgIpc) is 2.91. The zero-order valence-electron chi connectivity index (χ0n) is 10.8. The van der Waals surface area contributed by atoms with E-state index < -0.39 is 0 Å². The highest BCUT2D eigenvalue weighted by atomic mass is 127. The van der Waals surface area contributed by atoms with Crippen LogP contribution in [0.15, 0.2) is 35.7 Å². The van der Waals surface area contributed by atoms with Crippen LogP contribution in [0.5, 0.6) is 0 Å². The molecule has 0 amide bonds. The van der Waals surface area contributed by atoms with E-state index in [0.29, 0.717) is 6.04 Å². The van der Waals surface area contributed by atoms with Gasteiger partial charge in [0.1, 0.15) is 0 Å². The molecule has 1 heterocycles. The molecule has 19 heavy (non-hydrogen) atoms. The van der Waals surface area contributed by atoms with Crippen molar-refractivity contribution in [3.63, 3.8) is 0 Å². The van der Waals surface area contributed by atoms with Crippen molar-refractivity contribution in [1.29, 1.82) is 0 Å². The van der Waals surface area contributed by atoms with Gasteiger partial charge in [0.15, 0.2) is 0 Å². The van der Waals surface area contributed by atoms with Gasteiger partial charge >= 0.3 is 0 Å². The quantitative estimate of drug-likeness (QED) is 0.644. The van der Waals surface area contributed by atoms with E-state index >= 15 is 0 Å². The fourth-order valence-electron chi connectivity index (χ4n) is 1.99. The lowest BCUT2D eigenvalue weighted by atomic mass is 10.0. The predicted octanol–water partition coefficient (Wildman–Crippen LogP) is 5.29. The fourth-order valence-corrected chi connectivity index (χ4v) is 3.26. The van der Waals surface area contributed by atoms with Gasteiger partial charge in [-0.15, -0.1) is 11.3 Å². The van der Waals surface area contributed by atoms with Crippen molar-refractivity contribution in [1.82, 2.24) is 5.32 Å². The first-order valence-corrected chi connectivity index (χ1v) is 8.75. The van der Waals surface area contributed by atoms with Crippen LogP contribution in [0.3, 0.4) is 0 Å². The van der Waals surface area contributed by atoms with E-state index in [1.807, 2.05) is 11.3 Å². The highest BCUT2D eigenvalue weighted by Gasteiger charge is 2.13. The van der Waals surface area contributed by atoms with Gasteiger partial charge in [-0.05, 0) is 64.7 Å². The summed E-state index contributed by atoms with van der Waals surface area (Å²) >= 11 is 10.3. The zero-order valence-corrected chi connectivity index (χ0v) is 14.6. The van der Waals surface area contributed by atoms with Crippen molar-refractivity contribution >= 4 is 45.5 Å². The topological polar surface area (TPSA) is 12.0 Å². The van der Waals surface area contributed by atoms with E-state index in [-0.39, 0.29) is 0 Å². The molecule has 0 aliphatic rings. The molecule has 102 valence electrons. The smallest absolute Gasteiger partial charge is 0.0542 e. The normalized spacial score (nSPS) is 12.6. The van der Waals surface area contributed by atoms with Crippen LogP contribution in [0, 0.1) is 3.57 Å². The molecule has 0 aliphatic heterocycles. The molecule has 0 bridgehead atoms. The summed E-state index contributed by atoms with van der Waals surface area (Å²) in [6.45, 7) is 3.22. The standard InChI is InChI=1S/C15H17ClINS/c1-2-7-18-15(10-12-4-3-8-19-12)11-5-6-14(17)13(16)9-11/h3-6,8-9,15,18H,2,7,10H2,1H3. The summed E-state index contributed by atoms with van der Waals surface area (Å²) in [4.78, 5) is 1.41. The summed E-state index contributed by atoms with van der Waals surface area (Å²) in [5.41, 5.74) is 1.27. The van der Waals surface area contributed by atoms with Gasteiger partial charge in [-0.2, -0.15) is 0 Å². The molecule has 1 N–H and O–H groups in total. The molecular weight excluding hydrogens is 389 g/mol. The van der Waals surface area contributed by atoms with Gasteiger partial charge in [0, 0.05) is 20.9 Å². The molecule has 1 nitrogen and oxygen atoms in total. The summed E-state index contributed by atoms with van der Waals surface area (Å²) in [5.74, 6) is 0. The Balaban J connectivity index is 2.18. The molecule has 1 aromatic heterocycles. The molecule has 4 heteroatoms. The Hall–Kier alpha value is -0.100. The van der Waals surface area contributed by atoms with Gasteiger partial charge in [0.05, 0.1) is 5.02 Å². The summed E-state index contributed by atoms with van der Waals surface area (Å²) in [6.07, 6.45) is 2.16. The molecule has 0 spiro atoms. The first-order valence-electron chi connectivity index (χ1n) is 6.41. The van der Waals surface area contributed by atoms with E-state index in [0.717, 1.165) is 28.0 Å². The highest BCUT2D eigenvalue weighted by molar-refractivity contribution is 14.1. The minimum Gasteiger partial charge on any atom is -0.310 e. The molecule has 0 saturated heterocycles. The van der Waals surface area contributed by atoms with E-state index in [1.165, 1.54) is 10.4 Å². The maximum absolute atomic E-state index is 6.24. The van der Waals surface area contributed by atoms with Crippen molar-refractivity contribution in [2.75, 3.05) is 6.54 Å². The van der Waals surface area contributed by atoms with E-state index in [9.17, 15) is 0 Å². The molecule has 0 saturated carbocycles. The summed E-state index contributed by atoms with van der Waals surface area (Å²) < 4.78 is 1.10. The molecule has 2 rings (SSSR count). The van der Waals surface area contributed by atoms with Crippen LogP contribution in [0.25, 0.3) is 0 Å². The number of rotatable bonds is 6. The third kappa shape index (κ3) is 4.45. The number of hydrogen-bond acceptors (Lipinski definition) is 2. The lowest BCUT2D eigenvalue weighted by Crippen LogP contribution is -2.23. The van der Waals surface area contributed by atoms with E-state index in [2.05, 4.69) is 70.5 Å². The van der Waals surface area contributed by atoms with Crippen LogP contribution in [0.1, 0.15) is 29.8 Å². The van der Waals surface area contributed by atoms with E-state index in [1.54, 1.807) is 0 Å². The van der Waals surface area contributed by atoms with Crippen LogP contribution in [-0.2, 0) is 6.42 Å². The Bertz CT molecular complexity index is 513. The maximum Gasteiger partial charge on any atom is 0.0542 e. The average molecular weight is 406 g/mol. The van der Waals surface area contributed by atoms with Crippen LogP contribution in [-0.4, -0.2) is 6.54 Å². The van der Waals surface area contributed by atoms with Gasteiger partial charge < -0.3 is 5.32 Å². The second kappa shape index (κ2) is 7.62. The number of thiophene rings is 1. The Morgan fingerprint density at radius 2 is 2.21 bits per heavy atom. The Kier molecular flexibility index (Phi) is 6.13. The lowest BCUT2D eigenvalue weighted by molar-refractivity contribution is 0.532. The summed E-state index contributed by atoms with van der Waals surface area (Å²) in [6, 6.07) is 11.0. The Labute approximate surface area is 137 Å². The first kappa shape index (κ1) is 15.3. The fraction of sp³-hybridized carbons (Fsp3) is 0.333. The SMILES string of the molecule is CCCNC(Cc1cccs1)c1ccc(I)c(Cl)c1. The predicted molar refractivity (Wildman–Crippen MR) is 93.2 cm³/mol.